The largest absolute Gasteiger partial charge is 0.396 e. The van der Waals surface area contributed by atoms with Gasteiger partial charge in [-0.2, -0.15) is 0 Å². The standard InChI is InChI=1S/C14H20BrNO/c15-14-6-4-5-12-11-16(9-7-13(12)14)8-2-1-3-10-17/h4-6,17H,1-3,7-11H2. The van der Waals surface area contributed by atoms with E-state index in [4.69, 9.17) is 5.11 Å². The molecule has 3 heteroatoms. The number of halogens is 1. The summed E-state index contributed by atoms with van der Waals surface area (Å²) in [5, 5.41) is 8.75. The van der Waals surface area contributed by atoms with E-state index in [9.17, 15) is 0 Å². The lowest BCUT2D eigenvalue weighted by Crippen LogP contribution is -2.31. The van der Waals surface area contributed by atoms with Crippen LogP contribution in [0.3, 0.4) is 0 Å². The summed E-state index contributed by atoms with van der Waals surface area (Å²) in [4.78, 5) is 2.52. The monoisotopic (exact) mass is 297 g/mol. The number of aliphatic hydroxyl groups excluding tert-OH is 1. The van der Waals surface area contributed by atoms with Crippen LogP contribution in [0.25, 0.3) is 0 Å². The number of nitrogens with zero attached hydrogens (tertiary/aromatic N) is 1. The molecule has 94 valence electrons. The van der Waals surface area contributed by atoms with Crippen LogP contribution in [0.15, 0.2) is 22.7 Å². The Bertz CT molecular complexity index is 367. The van der Waals surface area contributed by atoms with Gasteiger partial charge >= 0.3 is 0 Å². The summed E-state index contributed by atoms with van der Waals surface area (Å²) < 4.78 is 1.26. The molecule has 0 spiro atoms. The maximum absolute atomic E-state index is 8.75. The summed E-state index contributed by atoms with van der Waals surface area (Å²) in [6, 6.07) is 6.49. The van der Waals surface area contributed by atoms with Crippen LogP contribution in [0.2, 0.25) is 0 Å². The van der Waals surface area contributed by atoms with E-state index >= 15 is 0 Å². The van der Waals surface area contributed by atoms with Crippen molar-refractivity contribution in [1.82, 2.24) is 4.90 Å². The molecular formula is C14H20BrNO. The van der Waals surface area contributed by atoms with Crippen molar-refractivity contribution >= 4 is 15.9 Å². The van der Waals surface area contributed by atoms with Crippen LogP contribution in [0.4, 0.5) is 0 Å². The number of benzene rings is 1. The molecule has 1 heterocycles. The van der Waals surface area contributed by atoms with Crippen LogP contribution in [0, 0.1) is 0 Å². The Morgan fingerprint density at radius 1 is 1.24 bits per heavy atom. The van der Waals surface area contributed by atoms with Gasteiger partial charge in [0.1, 0.15) is 0 Å². The van der Waals surface area contributed by atoms with Gasteiger partial charge in [0.2, 0.25) is 0 Å². The van der Waals surface area contributed by atoms with Crippen LogP contribution in [-0.2, 0) is 13.0 Å². The van der Waals surface area contributed by atoms with E-state index in [2.05, 4.69) is 39.0 Å². The van der Waals surface area contributed by atoms with Crippen molar-refractivity contribution in [2.75, 3.05) is 19.7 Å². The fourth-order valence-corrected chi connectivity index (χ4v) is 3.04. The van der Waals surface area contributed by atoms with E-state index in [0.29, 0.717) is 6.61 Å². The molecule has 0 unspecified atom stereocenters. The van der Waals surface area contributed by atoms with Gasteiger partial charge < -0.3 is 5.11 Å². The Balaban J connectivity index is 1.86. The molecule has 1 aromatic rings. The van der Waals surface area contributed by atoms with Crippen molar-refractivity contribution in [2.24, 2.45) is 0 Å². The third-order valence-corrected chi connectivity index (χ3v) is 4.16. The van der Waals surface area contributed by atoms with Gasteiger partial charge in [-0.05, 0) is 49.4 Å². The Morgan fingerprint density at radius 3 is 2.94 bits per heavy atom. The molecule has 1 aromatic carbocycles. The van der Waals surface area contributed by atoms with Gasteiger partial charge in [0.05, 0.1) is 0 Å². The lowest BCUT2D eigenvalue weighted by Gasteiger charge is -2.29. The second-order valence-electron chi connectivity index (χ2n) is 4.69. The molecule has 0 atom stereocenters. The average Bonchev–Trinajstić information content (AvgIpc) is 2.35. The molecule has 0 fully saturated rings. The Labute approximate surface area is 112 Å². The summed E-state index contributed by atoms with van der Waals surface area (Å²) in [5.41, 5.74) is 2.95. The highest BCUT2D eigenvalue weighted by Crippen LogP contribution is 2.26. The molecule has 0 aromatic heterocycles. The van der Waals surface area contributed by atoms with Crippen LogP contribution < -0.4 is 0 Å². The molecule has 0 saturated heterocycles. The zero-order valence-electron chi connectivity index (χ0n) is 10.2. The lowest BCUT2D eigenvalue weighted by molar-refractivity contribution is 0.238. The predicted molar refractivity (Wildman–Crippen MR) is 74.1 cm³/mol. The van der Waals surface area contributed by atoms with Crippen LogP contribution in [0.1, 0.15) is 30.4 Å². The number of unbranched alkanes of at least 4 members (excludes halogenated alkanes) is 2. The first-order valence-corrected chi connectivity index (χ1v) is 7.20. The highest BCUT2D eigenvalue weighted by atomic mass is 79.9. The molecule has 1 aliphatic heterocycles. The summed E-state index contributed by atoms with van der Waals surface area (Å²) in [7, 11) is 0. The van der Waals surface area contributed by atoms with Gasteiger partial charge in [0.15, 0.2) is 0 Å². The zero-order chi connectivity index (χ0) is 12.1. The SMILES string of the molecule is OCCCCCN1CCc2c(Br)cccc2C1. The van der Waals surface area contributed by atoms with Gasteiger partial charge in [0, 0.05) is 24.2 Å². The highest BCUT2D eigenvalue weighted by Gasteiger charge is 2.17. The van der Waals surface area contributed by atoms with Crippen molar-refractivity contribution < 1.29 is 5.11 Å². The number of aliphatic hydroxyl groups is 1. The number of hydrogen-bond acceptors (Lipinski definition) is 2. The van der Waals surface area contributed by atoms with E-state index in [-0.39, 0.29) is 0 Å². The molecular weight excluding hydrogens is 278 g/mol. The first-order valence-electron chi connectivity index (χ1n) is 6.41. The van der Waals surface area contributed by atoms with Gasteiger partial charge in [-0.15, -0.1) is 0 Å². The third-order valence-electron chi connectivity index (χ3n) is 3.42. The summed E-state index contributed by atoms with van der Waals surface area (Å²) in [5.74, 6) is 0. The minimum Gasteiger partial charge on any atom is -0.396 e. The number of fused-ring (bicyclic) bond motifs is 1. The molecule has 2 rings (SSSR count). The second-order valence-corrected chi connectivity index (χ2v) is 5.54. The van der Waals surface area contributed by atoms with Gasteiger partial charge in [-0.25, -0.2) is 0 Å². The fourth-order valence-electron chi connectivity index (χ4n) is 2.44. The minimum atomic E-state index is 0.329. The van der Waals surface area contributed by atoms with Gasteiger partial charge in [0.25, 0.3) is 0 Å². The highest BCUT2D eigenvalue weighted by molar-refractivity contribution is 9.10. The van der Waals surface area contributed by atoms with E-state index in [0.717, 1.165) is 38.9 Å². The van der Waals surface area contributed by atoms with Crippen LogP contribution >= 0.6 is 15.9 Å². The van der Waals surface area contributed by atoms with E-state index in [1.54, 1.807) is 0 Å². The van der Waals surface area contributed by atoms with Crippen molar-refractivity contribution in [3.05, 3.63) is 33.8 Å². The van der Waals surface area contributed by atoms with Crippen LogP contribution in [-0.4, -0.2) is 29.7 Å². The van der Waals surface area contributed by atoms with E-state index in [1.807, 2.05) is 0 Å². The summed E-state index contributed by atoms with van der Waals surface area (Å²) in [6.07, 6.45) is 4.43. The van der Waals surface area contributed by atoms with E-state index < -0.39 is 0 Å². The van der Waals surface area contributed by atoms with Crippen molar-refractivity contribution in [2.45, 2.75) is 32.2 Å². The quantitative estimate of drug-likeness (QED) is 0.845. The minimum absolute atomic E-state index is 0.329. The maximum Gasteiger partial charge on any atom is 0.0431 e. The van der Waals surface area contributed by atoms with Crippen molar-refractivity contribution in [1.29, 1.82) is 0 Å². The molecule has 2 nitrogen and oxygen atoms in total. The molecule has 0 radical (unpaired) electrons. The molecule has 0 saturated carbocycles. The topological polar surface area (TPSA) is 23.5 Å². The molecule has 17 heavy (non-hydrogen) atoms. The number of hydrogen-bond donors (Lipinski definition) is 1. The maximum atomic E-state index is 8.75. The Hall–Kier alpha value is -0.380. The zero-order valence-corrected chi connectivity index (χ0v) is 11.7. The Morgan fingerprint density at radius 2 is 2.12 bits per heavy atom. The molecule has 0 aliphatic carbocycles. The van der Waals surface area contributed by atoms with E-state index in [1.165, 1.54) is 22.0 Å². The summed E-state index contributed by atoms with van der Waals surface area (Å²) >= 11 is 3.63. The Kier molecular flexibility index (Phi) is 5.01. The predicted octanol–water partition coefficient (Wildman–Crippen LogP) is 2.97. The molecule has 0 bridgehead atoms. The molecule has 1 aliphatic rings. The fraction of sp³-hybridized carbons (Fsp3) is 0.571. The van der Waals surface area contributed by atoms with Crippen LogP contribution in [0.5, 0.6) is 0 Å². The third kappa shape index (κ3) is 3.54. The normalized spacial score (nSPS) is 15.9. The summed E-state index contributed by atoms with van der Waals surface area (Å²) in [6.45, 7) is 3.73. The van der Waals surface area contributed by atoms with Gasteiger partial charge in [-0.1, -0.05) is 28.1 Å². The van der Waals surface area contributed by atoms with Gasteiger partial charge in [-0.3, -0.25) is 4.90 Å². The molecule has 1 N–H and O–H groups in total. The smallest absolute Gasteiger partial charge is 0.0431 e. The van der Waals surface area contributed by atoms with Crippen molar-refractivity contribution in [3.63, 3.8) is 0 Å². The first-order chi connectivity index (χ1) is 8.31. The second kappa shape index (κ2) is 6.53. The molecule has 0 amide bonds. The van der Waals surface area contributed by atoms with Crippen molar-refractivity contribution in [3.8, 4) is 0 Å². The number of rotatable bonds is 5. The lowest BCUT2D eigenvalue weighted by atomic mass is 10.00. The average molecular weight is 298 g/mol. The first kappa shape index (κ1) is 13.1.